The maximum Gasteiger partial charge on any atom is 0.227 e. The van der Waals surface area contributed by atoms with E-state index in [1.165, 1.54) is 0 Å². The van der Waals surface area contributed by atoms with Gasteiger partial charge in [-0.15, -0.1) is 11.6 Å². The summed E-state index contributed by atoms with van der Waals surface area (Å²) >= 11 is 7.26. The van der Waals surface area contributed by atoms with Gasteiger partial charge in [-0.2, -0.15) is 16.3 Å². The van der Waals surface area contributed by atoms with Crippen LogP contribution in [0.15, 0.2) is 21.3 Å². The molecule has 0 bridgehead atoms. The molecule has 1 amide bonds. The minimum Gasteiger partial charge on any atom is -0.342 e. The zero-order valence-electron chi connectivity index (χ0n) is 12.2. The minimum absolute atomic E-state index is 0.143. The largest absolute Gasteiger partial charge is 0.342 e. The molecule has 1 aliphatic heterocycles. The summed E-state index contributed by atoms with van der Waals surface area (Å²) < 4.78 is 5.35. The standard InChI is InChI=1S/C15H18ClN3O2S/c16-5-3-14(20)19-6-1-2-11(9-19)8-13-17-15(18-21-13)12-4-7-22-10-12/h4,7,10-11H,1-3,5-6,8-9H2. The smallest absolute Gasteiger partial charge is 0.227 e. The molecule has 0 spiro atoms. The second-order valence-corrected chi connectivity index (χ2v) is 6.67. The van der Waals surface area contributed by atoms with Crippen molar-refractivity contribution in [2.75, 3.05) is 19.0 Å². The van der Waals surface area contributed by atoms with Gasteiger partial charge in [0.2, 0.25) is 17.6 Å². The number of rotatable bonds is 5. The minimum atomic E-state index is 0.143. The summed E-state index contributed by atoms with van der Waals surface area (Å²) in [5.41, 5.74) is 0.988. The summed E-state index contributed by atoms with van der Waals surface area (Å²) in [6, 6.07) is 1.98. The first kappa shape index (κ1) is 15.5. The molecule has 1 saturated heterocycles. The third kappa shape index (κ3) is 3.67. The molecule has 0 aliphatic carbocycles. The first-order chi connectivity index (χ1) is 10.8. The van der Waals surface area contributed by atoms with Gasteiger partial charge in [0.15, 0.2) is 0 Å². The Morgan fingerprint density at radius 2 is 2.45 bits per heavy atom. The third-order valence-corrected chi connectivity index (χ3v) is 4.76. The van der Waals surface area contributed by atoms with E-state index in [1.54, 1.807) is 11.3 Å². The van der Waals surface area contributed by atoms with Gasteiger partial charge in [0, 0.05) is 42.8 Å². The van der Waals surface area contributed by atoms with Crippen LogP contribution in [-0.2, 0) is 11.2 Å². The van der Waals surface area contributed by atoms with Gasteiger partial charge in [0.25, 0.3) is 0 Å². The van der Waals surface area contributed by atoms with Crippen LogP contribution >= 0.6 is 22.9 Å². The molecule has 1 fully saturated rings. The molecule has 0 aromatic carbocycles. The van der Waals surface area contributed by atoms with E-state index in [1.807, 2.05) is 21.7 Å². The van der Waals surface area contributed by atoms with E-state index >= 15 is 0 Å². The number of alkyl halides is 1. The number of thiophene rings is 1. The summed E-state index contributed by atoms with van der Waals surface area (Å²) in [5.74, 6) is 2.20. The topological polar surface area (TPSA) is 59.2 Å². The number of carbonyl (C=O) groups is 1. The highest BCUT2D eigenvalue weighted by molar-refractivity contribution is 7.08. The number of aromatic nitrogens is 2. The Labute approximate surface area is 138 Å². The van der Waals surface area contributed by atoms with Crippen molar-refractivity contribution in [2.45, 2.75) is 25.7 Å². The predicted octanol–water partition coefficient (Wildman–Crippen LogP) is 3.21. The predicted molar refractivity (Wildman–Crippen MR) is 86.0 cm³/mol. The molecular formula is C15H18ClN3O2S. The zero-order valence-corrected chi connectivity index (χ0v) is 13.8. The maximum atomic E-state index is 11.9. The molecule has 0 radical (unpaired) electrons. The van der Waals surface area contributed by atoms with Gasteiger partial charge in [-0.25, -0.2) is 0 Å². The van der Waals surface area contributed by atoms with E-state index in [4.69, 9.17) is 16.1 Å². The van der Waals surface area contributed by atoms with Gasteiger partial charge in [0.05, 0.1) is 0 Å². The summed E-state index contributed by atoms with van der Waals surface area (Å²) in [4.78, 5) is 18.3. The Morgan fingerprint density at radius 1 is 1.55 bits per heavy atom. The molecule has 0 saturated carbocycles. The van der Waals surface area contributed by atoms with Crippen molar-refractivity contribution in [1.82, 2.24) is 15.0 Å². The van der Waals surface area contributed by atoms with Crippen molar-refractivity contribution in [3.05, 3.63) is 22.7 Å². The lowest BCUT2D eigenvalue weighted by Gasteiger charge is -2.32. The molecule has 118 valence electrons. The molecule has 2 aromatic heterocycles. The van der Waals surface area contributed by atoms with Crippen LogP contribution in [0.4, 0.5) is 0 Å². The van der Waals surface area contributed by atoms with E-state index in [0.29, 0.717) is 29.9 Å². The lowest BCUT2D eigenvalue weighted by Crippen LogP contribution is -2.40. The highest BCUT2D eigenvalue weighted by Gasteiger charge is 2.25. The molecule has 0 N–H and O–H groups in total. The number of amides is 1. The number of piperidine rings is 1. The second kappa shape index (κ2) is 7.24. The normalized spacial score (nSPS) is 18.6. The molecule has 5 nitrogen and oxygen atoms in total. The highest BCUT2D eigenvalue weighted by Crippen LogP contribution is 2.23. The second-order valence-electron chi connectivity index (χ2n) is 5.51. The number of nitrogens with zero attached hydrogens (tertiary/aromatic N) is 3. The fourth-order valence-electron chi connectivity index (χ4n) is 2.79. The van der Waals surface area contributed by atoms with Crippen molar-refractivity contribution in [2.24, 2.45) is 5.92 Å². The van der Waals surface area contributed by atoms with Crippen LogP contribution in [0.2, 0.25) is 0 Å². The Hall–Kier alpha value is -1.40. The fraction of sp³-hybridized carbons (Fsp3) is 0.533. The molecule has 3 rings (SSSR count). The van der Waals surface area contributed by atoms with E-state index in [-0.39, 0.29) is 5.91 Å². The van der Waals surface area contributed by atoms with Gasteiger partial charge in [-0.05, 0) is 30.2 Å². The SMILES string of the molecule is O=C(CCCl)N1CCCC(Cc2nc(-c3ccsc3)no2)C1. The molecule has 7 heteroatoms. The van der Waals surface area contributed by atoms with Crippen LogP contribution in [-0.4, -0.2) is 39.9 Å². The van der Waals surface area contributed by atoms with Crippen LogP contribution in [0.5, 0.6) is 0 Å². The fourth-order valence-corrected chi connectivity index (χ4v) is 3.59. The Balaban J connectivity index is 1.60. The lowest BCUT2D eigenvalue weighted by atomic mass is 9.94. The summed E-state index contributed by atoms with van der Waals surface area (Å²) in [7, 11) is 0. The lowest BCUT2D eigenvalue weighted by molar-refractivity contribution is -0.132. The average Bonchev–Trinajstić information content (AvgIpc) is 3.18. The van der Waals surface area contributed by atoms with Crippen molar-refractivity contribution >= 4 is 28.8 Å². The quantitative estimate of drug-likeness (QED) is 0.785. The molecule has 1 atom stereocenters. The number of carbonyl (C=O) groups excluding carboxylic acids is 1. The number of hydrogen-bond acceptors (Lipinski definition) is 5. The van der Waals surface area contributed by atoms with E-state index in [0.717, 1.165) is 37.9 Å². The van der Waals surface area contributed by atoms with Crippen molar-refractivity contribution in [3.8, 4) is 11.4 Å². The van der Waals surface area contributed by atoms with E-state index in [9.17, 15) is 4.79 Å². The van der Waals surface area contributed by atoms with E-state index < -0.39 is 0 Å². The van der Waals surface area contributed by atoms with Crippen molar-refractivity contribution in [3.63, 3.8) is 0 Å². The van der Waals surface area contributed by atoms with Crippen LogP contribution in [0.3, 0.4) is 0 Å². The average molecular weight is 340 g/mol. The van der Waals surface area contributed by atoms with Gasteiger partial charge in [-0.3, -0.25) is 4.79 Å². The zero-order chi connectivity index (χ0) is 15.4. The van der Waals surface area contributed by atoms with Crippen LogP contribution in [0, 0.1) is 5.92 Å². The van der Waals surface area contributed by atoms with Crippen molar-refractivity contribution in [1.29, 1.82) is 0 Å². The molecule has 1 unspecified atom stereocenters. The Bertz CT molecular complexity index is 614. The van der Waals surface area contributed by atoms with Crippen LogP contribution in [0.25, 0.3) is 11.4 Å². The molecule has 22 heavy (non-hydrogen) atoms. The number of likely N-dealkylation sites (tertiary alicyclic amines) is 1. The molecule has 3 heterocycles. The van der Waals surface area contributed by atoms with Crippen LogP contribution in [0.1, 0.15) is 25.2 Å². The number of hydrogen-bond donors (Lipinski definition) is 0. The van der Waals surface area contributed by atoms with Gasteiger partial charge >= 0.3 is 0 Å². The monoisotopic (exact) mass is 339 g/mol. The van der Waals surface area contributed by atoms with Gasteiger partial charge in [0.1, 0.15) is 0 Å². The van der Waals surface area contributed by atoms with Crippen LogP contribution < -0.4 is 0 Å². The van der Waals surface area contributed by atoms with Gasteiger partial charge < -0.3 is 9.42 Å². The maximum absolute atomic E-state index is 11.9. The molecule has 2 aromatic rings. The summed E-state index contributed by atoms with van der Waals surface area (Å²) in [5, 5.41) is 8.02. The van der Waals surface area contributed by atoms with Crippen molar-refractivity contribution < 1.29 is 9.32 Å². The Morgan fingerprint density at radius 3 is 3.23 bits per heavy atom. The first-order valence-corrected chi connectivity index (χ1v) is 8.93. The summed E-state index contributed by atoms with van der Waals surface area (Å²) in [6.07, 6.45) is 3.24. The van der Waals surface area contributed by atoms with E-state index in [2.05, 4.69) is 10.1 Å². The highest BCUT2D eigenvalue weighted by atomic mass is 35.5. The molecule has 1 aliphatic rings. The number of halogens is 1. The molecular weight excluding hydrogens is 322 g/mol. The van der Waals surface area contributed by atoms with Gasteiger partial charge in [-0.1, -0.05) is 5.16 Å². The first-order valence-electron chi connectivity index (χ1n) is 7.45. The Kier molecular flexibility index (Phi) is 5.10. The third-order valence-electron chi connectivity index (χ3n) is 3.89. The summed E-state index contributed by atoms with van der Waals surface area (Å²) in [6.45, 7) is 1.59.